The van der Waals surface area contributed by atoms with Gasteiger partial charge in [0, 0.05) is 6.04 Å². The molecule has 0 atom stereocenters. The van der Waals surface area contributed by atoms with Gasteiger partial charge in [-0.2, -0.15) is 0 Å². The van der Waals surface area contributed by atoms with E-state index in [1.165, 1.54) is 4.57 Å². The van der Waals surface area contributed by atoms with Crippen LogP contribution in [0.4, 0.5) is 0 Å². The van der Waals surface area contributed by atoms with Gasteiger partial charge >= 0.3 is 5.69 Å². The van der Waals surface area contributed by atoms with E-state index in [4.69, 9.17) is 0 Å². The first-order chi connectivity index (χ1) is 10.1. The molecule has 0 saturated heterocycles. The van der Waals surface area contributed by atoms with Crippen LogP contribution in [0.1, 0.15) is 24.4 Å². The Morgan fingerprint density at radius 2 is 1.76 bits per heavy atom. The van der Waals surface area contributed by atoms with E-state index in [1.54, 1.807) is 12.1 Å². The summed E-state index contributed by atoms with van der Waals surface area (Å²) in [6, 6.07) is 7.11. The molecule has 1 aliphatic carbocycles. The van der Waals surface area contributed by atoms with Crippen molar-refractivity contribution in [3.63, 3.8) is 0 Å². The predicted octanol–water partition coefficient (Wildman–Crippen LogP) is 2.11. The van der Waals surface area contributed by atoms with Gasteiger partial charge in [0.25, 0.3) is 5.56 Å². The van der Waals surface area contributed by atoms with Gasteiger partial charge in [-0.3, -0.25) is 14.3 Å². The summed E-state index contributed by atoms with van der Waals surface area (Å²) in [6.45, 7) is 1.94. The summed E-state index contributed by atoms with van der Waals surface area (Å²) >= 11 is 0. The maximum atomic E-state index is 12.1. The second-order valence-electron chi connectivity index (χ2n) is 5.29. The van der Waals surface area contributed by atoms with Crippen LogP contribution in [0.25, 0.3) is 11.1 Å². The number of H-pyrrole nitrogens is 1. The molecule has 0 saturated carbocycles. The molecule has 0 fully saturated rings. The highest BCUT2D eigenvalue weighted by molar-refractivity contribution is 5.67. The van der Waals surface area contributed by atoms with Crippen molar-refractivity contribution < 1.29 is 5.11 Å². The Kier molecular flexibility index (Phi) is 3.25. The van der Waals surface area contributed by atoms with E-state index in [0.29, 0.717) is 18.4 Å². The van der Waals surface area contributed by atoms with Crippen molar-refractivity contribution >= 4 is 0 Å². The number of benzene rings is 1. The van der Waals surface area contributed by atoms with Crippen molar-refractivity contribution in [1.82, 2.24) is 9.55 Å². The molecule has 1 aromatic heterocycles. The molecule has 1 aliphatic rings. The van der Waals surface area contributed by atoms with E-state index in [-0.39, 0.29) is 17.5 Å². The van der Waals surface area contributed by atoms with Gasteiger partial charge in [-0.25, -0.2) is 4.79 Å². The van der Waals surface area contributed by atoms with Crippen LogP contribution in [0.2, 0.25) is 0 Å². The van der Waals surface area contributed by atoms with E-state index in [1.807, 2.05) is 31.2 Å². The summed E-state index contributed by atoms with van der Waals surface area (Å²) in [5.74, 6) is -0.263. The molecule has 108 valence electrons. The second-order valence-corrected chi connectivity index (χ2v) is 5.29. The summed E-state index contributed by atoms with van der Waals surface area (Å²) < 4.78 is 1.27. The van der Waals surface area contributed by atoms with Crippen LogP contribution in [0.15, 0.2) is 46.0 Å². The van der Waals surface area contributed by atoms with Crippen molar-refractivity contribution in [3.8, 4) is 17.0 Å². The molecule has 0 bridgehead atoms. The van der Waals surface area contributed by atoms with Crippen molar-refractivity contribution in [1.29, 1.82) is 0 Å². The maximum absolute atomic E-state index is 12.1. The average Bonchev–Trinajstić information content (AvgIpc) is 2.94. The molecule has 2 aromatic rings. The van der Waals surface area contributed by atoms with Gasteiger partial charge in [0.15, 0.2) is 0 Å². The normalized spacial score (nSPS) is 14.7. The van der Waals surface area contributed by atoms with Crippen LogP contribution >= 0.6 is 0 Å². The van der Waals surface area contributed by atoms with Crippen molar-refractivity contribution in [2.75, 3.05) is 0 Å². The Hall–Kier alpha value is -2.56. The topological polar surface area (TPSA) is 75.1 Å². The minimum atomic E-state index is -0.568. The van der Waals surface area contributed by atoms with Gasteiger partial charge in [0.1, 0.15) is 5.56 Å². The molecule has 21 heavy (non-hydrogen) atoms. The monoisotopic (exact) mass is 284 g/mol. The molecule has 1 aromatic carbocycles. The summed E-state index contributed by atoms with van der Waals surface area (Å²) in [7, 11) is 0. The van der Waals surface area contributed by atoms with Crippen LogP contribution in [-0.4, -0.2) is 14.7 Å². The van der Waals surface area contributed by atoms with E-state index < -0.39 is 11.2 Å². The summed E-state index contributed by atoms with van der Waals surface area (Å²) in [5, 5.41) is 10.4. The molecule has 0 unspecified atom stereocenters. The van der Waals surface area contributed by atoms with Crippen LogP contribution in [0.3, 0.4) is 0 Å². The number of aromatic hydroxyl groups is 1. The van der Waals surface area contributed by atoms with Gasteiger partial charge in [-0.15, -0.1) is 0 Å². The van der Waals surface area contributed by atoms with Gasteiger partial charge in [0.05, 0.1) is 0 Å². The third kappa shape index (κ3) is 2.31. The molecule has 2 N–H and O–H groups in total. The van der Waals surface area contributed by atoms with E-state index in [0.717, 1.165) is 5.56 Å². The largest absolute Gasteiger partial charge is 0.494 e. The third-order valence-electron chi connectivity index (χ3n) is 3.81. The fraction of sp³-hybridized carbons (Fsp3) is 0.250. The summed E-state index contributed by atoms with van der Waals surface area (Å²) in [6.07, 6.45) is 5.28. The number of hydrogen-bond donors (Lipinski definition) is 2. The Morgan fingerprint density at radius 3 is 2.38 bits per heavy atom. The number of nitrogens with zero attached hydrogens (tertiary/aromatic N) is 1. The minimum Gasteiger partial charge on any atom is -0.494 e. The smallest absolute Gasteiger partial charge is 0.331 e. The molecule has 1 heterocycles. The zero-order chi connectivity index (χ0) is 15.0. The maximum Gasteiger partial charge on any atom is 0.331 e. The molecule has 0 amide bonds. The lowest BCUT2D eigenvalue weighted by molar-refractivity contribution is 0.370. The molecular weight excluding hydrogens is 268 g/mol. The van der Waals surface area contributed by atoms with Crippen molar-refractivity contribution in [3.05, 3.63) is 62.8 Å². The van der Waals surface area contributed by atoms with Gasteiger partial charge in [-0.05, 0) is 25.3 Å². The fourth-order valence-electron chi connectivity index (χ4n) is 2.67. The van der Waals surface area contributed by atoms with Crippen LogP contribution in [-0.2, 0) is 0 Å². The quantitative estimate of drug-likeness (QED) is 0.829. The fourth-order valence-corrected chi connectivity index (χ4v) is 2.67. The molecular formula is C16H16N2O3. The van der Waals surface area contributed by atoms with Gasteiger partial charge in [0.2, 0.25) is 5.88 Å². The SMILES string of the molecule is Cc1ccc(-c2c(O)n(C3CC=CC3)c(=O)[nH]c2=O)cc1. The number of aryl methyl sites for hydroxylation is 1. The van der Waals surface area contributed by atoms with Gasteiger partial charge in [-0.1, -0.05) is 42.0 Å². The molecule has 0 radical (unpaired) electrons. The standard InChI is InChI=1S/C16H16N2O3/c1-10-6-8-11(9-7-10)13-14(19)17-16(21)18(15(13)20)12-4-2-3-5-12/h2-3,6-9,12,20H,4-5H2,1H3,(H,17,19,21). The van der Waals surface area contributed by atoms with Gasteiger partial charge < -0.3 is 5.11 Å². The number of nitrogens with one attached hydrogen (secondary N) is 1. The first-order valence-electron chi connectivity index (χ1n) is 6.87. The highest BCUT2D eigenvalue weighted by atomic mass is 16.3. The molecule has 0 spiro atoms. The van der Waals surface area contributed by atoms with E-state index in [2.05, 4.69) is 4.98 Å². The zero-order valence-corrected chi connectivity index (χ0v) is 11.7. The van der Waals surface area contributed by atoms with Crippen LogP contribution in [0, 0.1) is 6.92 Å². The molecule has 3 rings (SSSR count). The number of aromatic nitrogens is 2. The minimum absolute atomic E-state index is 0.140. The van der Waals surface area contributed by atoms with E-state index in [9.17, 15) is 14.7 Å². The molecule has 0 aliphatic heterocycles. The third-order valence-corrected chi connectivity index (χ3v) is 3.81. The summed E-state index contributed by atoms with van der Waals surface area (Å²) in [4.78, 5) is 26.4. The Labute approximate surface area is 121 Å². The first-order valence-corrected chi connectivity index (χ1v) is 6.87. The zero-order valence-electron chi connectivity index (χ0n) is 11.7. The van der Waals surface area contributed by atoms with Crippen LogP contribution < -0.4 is 11.2 Å². The highest BCUT2D eigenvalue weighted by Crippen LogP contribution is 2.30. The van der Waals surface area contributed by atoms with E-state index >= 15 is 0 Å². The second kappa shape index (κ2) is 5.09. The Bertz CT molecular complexity index is 805. The number of allylic oxidation sites excluding steroid dienone is 2. The Balaban J connectivity index is 2.21. The molecule has 5 nitrogen and oxygen atoms in total. The number of aromatic amines is 1. The number of hydrogen-bond acceptors (Lipinski definition) is 3. The average molecular weight is 284 g/mol. The summed E-state index contributed by atoms with van der Waals surface area (Å²) in [5.41, 5.74) is 0.661. The van der Waals surface area contributed by atoms with Crippen LogP contribution in [0.5, 0.6) is 5.88 Å². The first kappa shape index (κ1) is 13.4. The Morgan fingerprint density at radius 1 is 1.14 bits per heavy atom. The highest BCUT2D eigenvalue weighted by Gasteiger charge is 2.22. The molecule has 5 heteroatoms. The predicted molar refractivity (Wildman–Crippen MR) is 80.6 cm³/mol. The number of rotatable bonds is 2. The lowest BCUT2D eigenvalue weighted by Gasteiger charge is -2.17. The lowest BCUT2D eigenvalue weighted by Crippen LogP contribution is -2.32. The van der Waals surface area contributed by atoms with Crippen molar-refractivity contribution in [2.45, 2.75) is 25.8 Å². The lowest BCUT2D eigenvalue weighted by atomic mass is 10.1. The van der Waals surface area contributed by atoms with Crippen molar-refractivity contribution in [2.24, 2.45) is 0 Å².